The highest BCUT2D eigenvalue weighted by atomic mass is 32.2. The van der Waals surface area contributed by atoms with Crippen molar-refractivity contribution in [2.45, 2.75) is 43.3 Å². The van der Waals surface area contributed by atoms with Crippen molar-refractivity contribution in [3.05, 3.63) is 59.9 Å². The molecule has 29 heavy (non-hydrogen) atoms. The summed E-state index contributed by atoms with van der Waals surface area (Å²) in [5.74, 6) is -0.497. The summed E-state index contributed by atoms with van der Waals surface area (Å²) in [6, 6.07) is 12.4. The first kappa shape index (κ1) is 21.4. The molecule has 0 unspecified atom stereocenters. The average molecular weight is 420 g/mol. The van der Waals surface area contributed by atoms with Gasteiger partial charge in [-0.2, -0.15) is 0 Å². The van der Waals surface area contributed by atoms with Crippen molar-refractivity contribution in [1.29, 1.82) is 0 Å². The SMILES string of the molecule is C[C@@H](C(=O)Nc1cccc(S(=O)(=O)N(C)C)c1)N(Cc1ccc(F)cc1)C1CC1. The molecule has 0 spiro atoms. The van der Waals surface area contributed by atoms with Crippen molar-refractivity contribution in [2.24, 2.45) is 0 Å². The van der Waals surface area contributed by atoms with Gasteiger partial charge in [-0.3, -0.25) is 9.69 Å². The Morgan fingerprint density at radius 1 is 1.17 bits per heavy atom. The van der Waals surface area contributed by atoms with Crippen molar-refractivity contribution in [2.75, 3.05) is 19.4 Å². The van der Waals surface area contributed by atoms with Crippen LogP contribution in [0.1, 0.15) is 25.3 Å². The van der Waals surface area contributed by atoms with Gasteiger partial charge in [0.1, 0.15) is 5.82 Å². The van der Waals surface area contributed by atoms with Gasteiger partial charge in [0, 0.05) is 32.4 Å². The van der Waals surface area contributed by atoms with Crippen LogP contribution in [-0.2, 0) is 21.4 Å². The molecule has 0 aromatic heterocycles. The third-order valence-corrected chi connectivity index (χ3v) is 6.86. The van der Waals surface area contributed by atoms with E-state index >= 15 is 0 Å². The van der Waals surface area contributed by atoms with Gasteiger partial charge in [0.2, 0.25) is 15.9 Å². The number of carbonyl (C=O) groups excluding carboxylic acids is 1. The molecule has 0 bridgehead atoms. The van der Waals surface area contributed by atoms with E-state index in [-0.39, 0.29) is 16.6 Å². The fourth-order valence-corrected chi connectivity index (χ4v) is 4.08. The number of nitrogens with zero attached hydrogens (tertiary/aromatic N) is 2. The van der Waals surface area contributed by atoms with E-state index in [0.717, 1.165) is 22.7 Å². The van der Waals surface area contributed by atoms with Crippen LogP contribution in [0.25, 0.3) is 0 Å². The molecule has 156 valence electrons. The molecule has 1 aliphatic carbocycles. The number of sulfonamides is 1. The van der Waals surface area contributed by atoms with Gasteiger partial charge in [0.15, 0.2) is 0 Å². The average Bonchev–Trinajstić information content (AvgIpc) is 3.52. The van der Waals surface area contributed by atoms with Gasteiger partial charge in [0.05, 0.1) is 10.9 Å². The molecule has 3 rings (SSSR count). The summed E-state index contributed by atoms with van der Waals surface area (Å²) in [4.78, 5) is 15.1. The summed E-state index contributed by atoms with van der Waals surface area (Å²) >= 11 is 0. The third kappa shape index (κ3) is 5.20. The Balaban J connectivity index is 1.73. The Morgan fingerprint density at radius 3 is 2.41 bits per heavy atom. The van der Waals surface area contributed by atoms with E-state index in [4.69, 9.17) is 0 Å². The number of rotatable bonds is 8. The zero-order valence-corrected chi connectivity index (χ0v) is 17.6. The molecule has 1 atom stereocenters. The molecular weight excluding hydrogens is 393 g/mol. The smallest absolute Gasteiger partial charge is 0.242 e. The number of nitrogens with one attached hydrogen (secondary N) is 1. The van der Waals surface area contributed by atoms with Gasteiger partial charge >= 0.3 is 0 Å². The molecule has 8 heteroatoms. The van der Waals surface area contributed by atoms with Gasteiger partial charge in [-0.1, -0.05) is 18.2 Å². The summed E-state index contributed by atoms with van der Waals surface area (Å²) in [7, 11) is -0.651. The summed E-state index contributed by atoms with van der Waals surface area (Å²) in [6.07, 6.45) is 2.05. The minimum atomic E-state index is -3.58. The van der Waals surface area contributed by atoms with Gasteiger partial charge in [-0.05, 0) is 55.7 Å². The van der Waals surface area contributed by atoms with E-state index in [0.29, 0.717) is 18.3 Å². The van der Waals surface area contributed by atoms with E-state index < -0.39 is 16.1 Å². The number of benzene rings is 2. The number of carbonyl (C=O) groups is 1. The maximum Gasteiger partial charge on any atom is 0.242 e. The van der Waals surface area contributed by atoms with Crippen LogP contribution in [0.2, 0.25) is 0 Å². The lowest BCUT2D eigenvalue weighted by molar-refractivity contribution is -0.121. The van der Waals surface area contributed by atoms with Gasteiger partial charge in [-0.15, -0.1) is 0 Å². The molecule has 1 amide bonds. The molecule has 6 nitrogen and oxygen atoms in total. The Kier molecular flexibility index (Phi) is 6.36. The molecule has 0 aliphatic heterocycles. The molecule has 0 heterocycles. The minimum absolute atomic E-state index is 0.123. The maximum absolute atomic E-state index is 13.2. The first-order valence-corrected chi connectivity index (χ1v) is 11.0. The van der Waals surface area contributed by atoms with Crippen LogP contribution in [0.15, 0.2) is 53.4 Å². The second-order valence-electron chi connectivity index (χ2n) is 7.51. The first-order chi connectivity index (χ1) is 13.7. The van der Waals surface area contributed by atoms with Gasteiger partial charge in [-0.25, -0.2) is 17.1 Å². The lowest BCUT2D eigenvalue weighted by Crippen LogP contribution is -2.43. The zero-order chi connectivity index (χ0) is 21.2. The second kappa shape index (κ2) is 8.61. The molecule has 2 aromatic rings. The Bertz CT molecular complexity index is 973. The van der Waals surface area contributed by atoms with E-state index in [1.165, 1.54) is 38.4 Å². The molecule has 1 aliphatic rings. The van der Waals surface area contributed by atoms with Crippen LogP contribution in [0.4, 0.5) is 10.1 Å². The fourth-order valence-electron chi connectivity index (χ4n) is 3.13. The number of halogens is 1. The summed E-state index contributed by atoms with van der Waals surface area (Å²) in [5, 5.41) is 2.83. The Hall–Kier alpha value is -2.29. The molecule has 1 fully saturated rings. The van der Waals surface area contributed by atoms with E-state index in [1.54, 1.807) is 24.3 Å². The molecule has 1 N–H and O–H groups in total. The maximum atomic E-state index is 13.2. The summed E-state index contributed by atoms with van der Waals surface area (Å²) in [6.45, 7) is 2.38. The molecule has 0 saturated heterocycles. The third-order valence-electron chi connectivity index (χ3n) is 5.05. The lowest BCUT2D eigenvalue weighted by Gasteiger charge is -2.28. The van der Waals surface area contributed by atoms with Crippen molar-refractivity contribution in [3.63, 3.8) is 0 Å². The monoisotopic (exact) mass is 419 g/mol. The molecule has 2 aromatic carbocycles. The highest BCUT2D eigenvalue weighted by Gasteiger charge is 2.35. The van der Waals surface area contributed by atoms with E-state index in [2.05, 4.69) is 10.2 Å². The van der Waals surface area contributed by atoms with Crippen LogP contribution in [0.3, 0.4) is 0 Å². The predicted octanol–water partition coefficient (Wildman–Crippen LogP) is 3.07. The first-order valence-electron chi connectivity index (χ1n) is 9.52. The molecule has 0 radical (unpaired) electrons. The quantitative estimate of drug-likeness (QED) is 0.714. The van der Waals surface area contributed by atoms with Crippen LogP contribution >= 0.6 is 0 Å². The Labute approximate surface area is 171 Å². The summed E-state index contributed by atoms with van der Waals surface area (Å²) in [5.41, 5.74) is 1.37. The lowest BCUT2D eigenvalue weighted by atomic mass is 10.1. The van der Waals surface area contributed by atoms with Crippen molar-refractivity contribution in [3.8, 4) is 0 Å². The summed E-state index contributed by atoms with van der Waals surface area (Å²) < 4.78 is 38.9. The van der Waals surface area contributed by atoms with E-state index in [1.807, 2.05) is 6.92 Å². The number of hydrogen-bond acceptors (Lipinski definition) is 4. The van der Waals surface area contributed by atoms with Crippen LogP contribution < -0.4 is 5.32 Å². The normalized spacial score (nSPS) is 15.5. The highest BCUT2D eigenvalue weighted by Crippen LogP contribution is 2.30. The van der Waals surface area contributed by atoms with E-state index in [9.17, 15) is 17.6 Å². The molecular formula is C21H26FN3O3S. The van der Waals surface area contributed by atoms with Crippen molar-refractivity contribution >= 4 is 21.6 Å². The standard InChI is InChI=1S/C21H26FN3O3S/c1-15(25(19-11-12-19)14-16-7-9-17(22)10-8-16)21(26)23-18-5-4-6-20(13-18)29(27,28)24(2)3/h4-10,13,15,19H,11-12,14H2,1-3H3,(H,23,26)/t15-/m0/s1. The van der Waals surface area contributed by atoms with Crippen molar-refractivity contribution < 1.29 is 17.6 Å². The number of hydrogen-bond donors (Lipinski definition) is 1. The van der Waals surface area contributed by atoms with Gasteiger partial charge < -0.3 is 5.32 Å². The van der Waals surface area contributed by atoms with Crippen LogP contribution in [0.5, 0.6) is 0 Å². The topological polar surface area (TPSA) is 69.7 Å². The van der Waals surface area contributed by atoms with Crippen molar-refractivity contribution in [1.82, 2.24) is 9.21 Å². The predicted molar refractivity (Wildman–Crippen MR) is 110 cm³/mol. The molecule has 1 saturated carbocycles. The Morgan fingerprint density at radius 2 is 1.83 bits per heavy atom. The van der Waals surface area contributed by atoms with Gasteiger partial charge in [0.25, 0.3) is 0 Å². The zero-order valence-electron chi connectivity index (χ0n) is 16.8. The largest absolute Gasteiger partial charge is 0.325 e. The second-order valence-corrected chi connectivity index (χ2v) is 9.66. The van der Waals surface area contributed by atoms with Crippen LogP contribution in [-0.4, -0.2) is 49.7 Å². The highest BCUT2D eigenvalue weighted by molar-refractivity contribution is 7.89. The number of anilines is 1. The fraction of sp³-hybridized carbons (Fsp3) is 0.381. The number of amides is 1. The minimum Gasteiger partial charge on any atom is -0.325 e. The van der Waals surface area contributed by atoms with Crippen LogP contribution in [0, 0.1) is 5.82 Å².